The second kappa shape index (κ2) is 5.58. The van der Waals surface area contributed by atoms with Crippen molar-refractivity contribution < 1.29 is 38.3 Å². The second-order valence-corrected chi connectivity index (χ2v) is 6.36. The van der Waals surface area contributed by atoms with Crippen LogP contribution >= 0.6 is 11.6 Å². The largest absolute Gasteiger partial charge is 1.00 e. The van der Waals surface area contributed by atoms with Crippen LogP contribution in [0.1, 0.15) is 5.56 Å². The predicted molar refractivity (Wildman–Crippen MR) is 60.6 cm³/mol. The van der Waals surface area contributed by atoms with Gasteiger partial charge in [0.25, 0.3) is 0 Å². The lowest BCUT2D eigenvalue weighted by Gasteiger charge is -2.04. The van der Waals surface area contributed by atoms with E-state index in [-0.39, 0.29) is 23.0 Å². The minimum absolute atomic E-state index is 0. The Morgan fingerprint density at radius 1 is 1.21 bits per heavy atom. The Bertz CT molecular complexity index is 766. The van der Waals surface area contributed by atoms with Gasteiger partial charge in [0.1, 0.15) is 0 Å². The van der Waals surface area contributed by atoms with Crippen LogP contribution in [0.25, 0.3) is 4.98 Å². The maximum atomic E-state index is 11.1. The van der Waals surface area contributed by atoms with E-state index in [9.17, 15) is 16.8 Å². The van der Waals surface area contributed by atoms with Gasteiger partial charge >= 0.3 is 25.9 Å². The average molecular weight is 349 g/mol. The van der Waals surface area contributed by atoms with Crippen LogP contribution in [0.15, 0.2) is 15.9 Å². The molecule has 8 nitrogen and oxygen atoms in total. The van der Waals surface area contributed by atoms with E-state index in [2.05, 4.69) is 4.98 Å². The molecule has 0 fully saturated rings. The highest BCUT2D eigenvalue weighted by molar-refractivity contribution is 7.87. The Kier molecular flexibility index (Phi) is 5.29. The summed E-state index contributed by atoms with van der Waals surface area (Å²) in [5.74, 6) is 0. The molecule has 0 aromatic heterocycles. The van der Waals surface area contributed by atoms with Crippen molar-refractivity contribution in [3.63, 3.8) is 0 Å². The standard InChI is InChI=1S/C7H5ClN2O6S2.ClH/c1-3-4(8)2-5(17(11,12)13)6(10-9)7(3)18(14,15)16;/h2H,1H3,(H-,11,12,13,14,15,16);1H. The number of benzene rings is 1. The van der Waals surface area contributed by atoms with Gasteiger partial charge in [-0.1, -0.05) is 11.6 Å². The van der Waals surface area contributed by atoms with Crippen LogP contribution in [0.2, 0.25) is 5.02 Å². The van der Waals surface area contributed by atoms with Gasteiger partial charge in [-0.2, -0.15) is 16.8 Å². The zero-order chi connectivity index (χ0) is 14.3. The minimum atomic E-state index is -4.90. The fraction of sp³-hybridized carbons (Fsp3) is 0.143. The Balaban J connectivity index is 0.00000324. The molecule has 0 heterocycles. The smallest absolute Gasteiger partial charge is 0.427 e. The molecule has 0 saturated heterocycles. The van der Waals surface area contributed by atoms with Gasteiger partial charge in [-0.05, 0) is 18.6 Å². The molecule has 19 heavy (non-hydrogen) atoms. The summed E-state index contributed by atoms with van der Waals surface area (Å²) < 4.78 is 62.1. The summed E-state index contributed by atoms with van der Waals surface area (Å²) in [5, 5.41) is 8.33. The van der Waals surface area contributed by atoms with E-state index in [0.717, 1.165) is 6.92 Å². The molecule has 0 aliphatic heterocycles. The van der Waals surface area contributed by atoms with Gasteiger partial charge in [0.2, 0.25) is 5.39 Å². The molecule has 0 spiro atoms. The normalized spacial score (nSPS) is 11.5. The van der Waals surface area contributed by atoms with E-state index < -0.39 is 35.7 Å². The molecular weight excluding hydrogens is 343 g/mol. The highest BCUT2D eigenvalue weighted by Gasteiger charge is 2.37. The summed E-state index contributed by atoms with van der Waals surface area (Å²) in [6, 6.07) is 0.704. The first-order chi connectivity index (χ1) is 8.00. The van der Waals surface area contributed by atoms with Crippen LogP contribution in [0.3, 0.4) is 0 Å². The molecule has 0 aliphatic carbocycles. The summed E-state index contributed by atoms with van der Waals surface area (Å²) in [4.78, 5) is 0.439. The van der Waals surface area contributed by atoms with Gasteiger partial charge in [-0.15, -0.1) is 0 Å². The van der Waals surface area contributed by atoms with Crippen molar-refractivity contribution >= 4 is 37.5 Å². The Morgan fingerprint density at radius 3 is 2.00 bits per heavy atom. The first-order valence-corrected chi connectivity index (χ1v) is 7.39. The first-order valence-electron chi connectivity index (χ1n) is 4.13. The van der Waals surface area contributed by atoms with Crippen LogP contribution in [0.4, 0.5) is 5.69 Å². The SMILES string of the molecule is Cc1c(Cl)cc(S(=O)(=O)O)c([N+]#N)c1S(=O)(=O)O.[Cl-]. The van der Waals surface area contributed by atoms with Crippen LogP contribution in [-0.4, -0.2) is 25.9 Å². The molecule has 0 radical (unpaired) electrons. The summed E-state index contributed by atoms with van der Waals surface area (Å²) in [5.41, 5.74) is -1.23. The van der Waals surface area contributed by atoms with Crippen LogP contribution in [0.5, 0.6) is 0 Å². The molecule has 0 unspecified atom stereocenters. The van der Waals surface area contributed by atoms with E-state index in [0.29, 0.717) is 6.07 Å². The van der Waals surface area contributed by atoms with E-state index in [1.54, 1.807) is 0 Å². The van der Waals surface area contributed by atoms with Crippen LogP contribution < -0.4 is 12.4 Å². The first kappa shape index (κ1) is 18.0. The van der Waals surface area contributed by atoms with Crippen molar-refractivity contribution in [2.45, 2.75) is 16.7 Å². The summed E-state index contributed by atoms with van der Waals surface area (Å²) in [6.07, 6.45) is 0. The van der Waals surface area contributed by atoms with Crippen molar-refractivity contribution in [3.8, 4) is 0 Å². The van der Waals surface area contributed by atoms with E-state index in [1.165, 1.54) is 0 Å². The topological polar surface area (TPSA) is 137 Å². The number of hydrogen-bond acceptors (Lipinski definition) is 5. The van der Waals surface area contributed by atoms with Crippen molar-refractivity contribution in [3.05, 3.63) is 21.6 Å². The number of halogens is 2. The highest BCUT2D eigenvalue weighted by Crippen LogP contribution is 2.38. The van der Waals surface area contributed by atoms with Crippen molar-refractivity contribution in [2.75, 3.05) is 0 Å². The third-order valence-corrected chi connectivity index (χ3v) is 4.32. The average Bonchev–Trinajstić information content (AvgIpc) is 2.17. The molecule has 0 amide bonds. The Hall–Kier alpha value is -0.960. The fourth-order valence-corrected chi connectivity index (χ4v) is 3.23. The third-order valence-electron chi connectivity index (χ3n) is 2.04. The molecule has 0 atom stereocenters. The van der Waals surface area contributed by atoms with E-state index >= 15 is 0 Å². The lowest BCUT2D eigenvalue weighted by atomic mass is 10.2. The van der Waals surface area contributed by atoms with Gasteiger partial charge in [-0.25, -0.2) is 0 Å². The zero-order valence-corrected chi connectivity index (χ0v) is 12.2. The summed E-state index contributed by atoms with van der Waals surface area (Å²) in [7, 11) is -9.78. The van der Waals surface area contributed by atoms with Gasteiger partial charge in [0.15, 0.2) is 14.8 Å². The Labute approximate surface area is 119 Å². The molecule has 106 valence electrons. The van der Waals surface area contributed by atoms with Gasteiger partial charge in [0.05, 0.1) is 0 Å². The quantitative estimate of drug-likeness (QED) is 0.496. The summed E-state index contributed by atoms with van der Waals surface area (Å²) >= 11 is 5.59. The maximum Gasteiger partial charge on any atom is 0.427 e. The number of diazo groups is 1. The third kappa shape index (κ3) is 3.53. The zero-order valence-electron chi connectivity index (χ0n) is 9.07. The maximum absolute atomic E-state index is 11.1. The lowest BCUT2D eigenvalue weighted by Crippen LogP contribution is -3.00. The molecule has 1 rings (SSSR count). The van der Waals surface area contributed by atoms with Crippen molar-refractivity contribution in [1.82, 2.24) is 0 Å². The number of rotatable bonds is 2. The predicted octanol–water partition coefficient (Wildman–Crippen LogP) is -1.37. The Morgan fingerprint density at radius 2 is 1.68 bits per heavy atom. The molecule has 1 aromatic carbocycles. The van der Waals surface area contributed by atoms with Gasteiger partial charge < -0.3 is 12.4 Å². The fourth-order valence-electron chi connectivity index (χ4n) is 1.30. The molecule has 12 heteroatoms. The van der Waals surface area contributed by atoms with Crippen LogP contribution in [-0.2, 0) is 20.2 Å². The van der Waals surface area contributed by atoms with Crippen LogP contribution in [0, 0.1) is 12.3 Å². The molecular formula is C7H6Cl2N2O6S2. The van der Waals surface area contributed by atoms with Gasteiger partial charge in [0, 0.05) is 5.02 Å². The minimum Gasteiger partial charge on any atom is -1.00 e. The molecule has 0 saturated carbocycles. The summed E-state index contributed by atoms with van der Waals surface area (Å²) in [6.45, 7) is 1.16. The molecule has 1 aromatic rings. The monoisotopic (exact) mass is 348 g/mol. The van der Waals surface area contributed by atoms with Crippen molar-refractivity contribution in [1.29, 1.82) is 5.39 Å². The molecule has 0 aliphatic rings. The van der Waals surface area contributed by atoms with Gasteiger partial charge in [-0.3, -0.25) is 9.11 Å². The highest BCUT2D eigenvalue weighted by atomic mass is 35.5. The molecule has 0 bridgehead atoms. The van der Waals surface area contributed by atoms with Crippen molar-refractivity contribution in [2.24, 2.45) is 0 Å². The molecule has 2 N–H and O–H groups in total. The van der Waals surface area contributed by atoms with E-state index in [1.807, 2.05) is 0 Å². The number of nitrogens with zero attached hydrogens (tertiary/aromatic N) is 2. The lowest BCUT2D eigenvalue weighted by molar-refractivity contribution is -0.0000123. The van der Waals surface area contributed by atoms with E-state index in [4.69, 9.17) is 26.1 Å². The number of hydrogen-bond donors (Lipinski definition) is 2. The second-order valence-electron chi connectivity index (χ2n) is 3.21.